The van der Waals surface area contributed by atoms with E-state index in [-0.39, 0.29) is 23.6 Å². The van der Waals surface area contributed by atoms with E-state index in [1.165, 1.54) is 0 Å². The van der Waals surface area contributed by atoms with E-state index in [9.17, 15) is 14.4 Å². The van der Waals surface area contributed by atoms with Crippen LogP contribution in [0, 0.1) is 5.92 Å². The topological polar surface area (TPSA) is 87.3 Å². The van der Waals surface area contributed by atoms with Gasteiger partial charge in [0.2, 0.25) is 5.91 Å². The number of anilines is 1. The monoisotopic (exact) mass is 385 g/mol. The molecule has 3 rings (SSSR count). The maximum absolute atomic E-state index is 12.1. The Morgan fingerprint density at radius 1 is 0.889 bits per heavy atom. The normalized spacial score (nSPS) is 12.9. The minimum absolute atomic E-state index is 0.0302. The quantitative estimate of drug-likeness (QED) is 0.640. The third-order valence-corrected chi connectivity index (χ3v) is 4.38. The second-order valence-electron chi connectivity index (χ2n) is 6.36. The molecule has 1 fully saturated rings. The summed E-state index contributed by atoms with van der Waals surface area (Å²) in [6.45, 7) is 0.595. The fraction of sp³-hybridized carbons (Fsp3) is 0.250. The Hall–Kier alpha value is -2.86. The molecule has 3 N–H and O–H groups in total. The van der Waals surface area contributed by atoms with Crippen LogP contribution in [0.25, 0.3) is 0 Å². The van der Waals surface area contributed by atoms with Crippen molar-refractivity contribution in [3.63, 3.8) is 0 Å². The molecule has 0 heterocycles. The van der Waals surface area contributed by atoms with Crippen LogP contribution < -0.4 is 16.0 Å². The predicted octanol–water partition coefficient (Wildman–Crippen LogP) is 2.85. The maximum atomic E-state index is 12.1. The molecule has 1 aliphatic carbocycles. The van der Waals surface area contributed by atoms with Gasteiger partial charge in [0.1, 0.15) is 0 Å². The van der Waals surface area contributed by atoms with Crippen molar-refractivity contribution in [2.75, 3.05) is 18.4 Å². The third-order valence-electron chi connectivity index (χ3n) is 4.15. The van der Waals surface area contributed by atoms with E-state index in [0.29, 0.717) is 34.9 Å². The van der Waals surface area contributed by atoms with Crippen LogP contribution in [0.1, 0.15) is 33.6 Å². The Balaban J connectivity index is 1.41. The van der Waals surface area contributed by atoms with Crippen molar-refractivity contribution in [1.82, 2.24) is 10.6 Å². The number of hydrogen-bond donors (Lipinski definition) is 3. The highest BCUT2D eigenvalue weighted by Gasteiger charge is 2.29. The summed E-state index contributed by atoms with van der Waals surface area (Å²) < 4.78 is 0. The van der Waals surface area contributed by atoms with Crippen molar-refractivity contribution in [2.45, 2.75) is 12.8 Å². The Kier molecular flexibility index (Phi) is 6.08. The Labute approximate surface area is 162 Å². The number of rotatable bonds is 7. The van der Waals surface area contributed by atoms with Gasteiger partial charge in [0.05, 0.1) is 0 Å². The molecule has 0 radical (unpaired) electrons. The highest BCUT2D eigenvalue weighted by Crippen LogP contribution is 2.30. The van der Waals surface area contributed by atoms with E-state index >= 15 is 0 Å². The third kappa shape index (κ3) is 5.56. The zero-order valence-electron chi connectivity index (χ0n) is 14.6. The molecule has 0 aromatic heterocycles. The molecule has 27 heavy (non-hydrogen) atoms. The summed E-state index contributed by atoms with van der Waals surface area (Å²) in [7, 11) is 0. The fourth-order valence-electron chi connectivity index (χ4n) is 2.48. The minimum Gasteiger partial charge on any atom is -0.350 e. The van der Waals surface area contributed by atoms with Gasteiger partial charge < -0.3 is 16.0 Å². The zero-order valence-corrected chi connectivity index (χ0v) is 15.4. The Morgan fingerprint density at radius 2 is 1.52 bits per heavy atom. The van der Waals surface area contributed by atoms with E-state index in [4.69, 9.17) is 11.6 Å². The molecule has 2 aromatic carbocycles. The lowest BCUT2D eigenvalue weighted by Gasteiger charge is -2.08. The number of carbonyl (C=O) groups is 3. The highest BCUT2D eigenvalue weighted by atomic mass is 35.5. The van der Waals surface area contributed by atoms with Crippen LogP contribution in [-0.2, 0) is 4.79 Å². The number of amides is 3. The second-order valence-corrected chi connectivity index (χ2v) is 6.80. The van der Waals surface area contributed by atoms with Gasteiger partial charge in [-0.25, -0.2) is 0 Å². The van der Waals surface area contributed by atoms with Crippen LogP contribution in [0.2, 0.25) is 5.02 Å². The number of hydrogen-bond acceptors (Lipinski definition) is 3. The van der Waals surface area contributed by atoms with E-state index in [1.807, 2.05) is 0 Å². The molecule has 0 saturated heterocycles. The largest absolute Gasteiger partial charge is 0.350 e. The molecule has 0 spiro atoms. The second kappa shape index (κ2) is 8.68. The van der Waals surface area contributed by atoms with Crippen LogP contribution in [0.3, 0.4) is 0 Å². The van der Waals surface area contributed by atoms with Gasteiger partial charge >= 0.3 is 0 Å². The highest BCUT2D eigenvalue weighted by molar-refractivity contribution is 6.30. The SMILES string of the molecule is O=C(NCCNC(=O)c1cccc(Cl)c1)c1ccc(NC(=O)C2CC2)cc1. The van der Waals surface area contributed by atoms with Gasteiger partial charge in [-0.05, 0) is 55.3 Å². The van der Waals surface area contributed by atoms with Crippen LogP contribution in [0.5, 0.6) is 0 Å². The molecule has 140 valence electrons. The zero-order chi connectivity index (χ0) is 19.2. The van der Waals surface area contributed by atoms with Gasteiger partial charge in [-0.3, -0.25) is 14.4 Å². The van der Waals surface area contributed by atoms with Gasteiger partial charge in [-0.15, -0.1) is 0 Å². The van der Waals surface area contributed by atoms with Gasteiger partial charge in [-0.1, -0.05) is 17.7 Å². The van der Waals surface area contributed by atoms with Crippen LogP contribution >= 0.6 is 11.6 Å². The summed E-state index contributed by atoms with van der Waals surface area (Å²) in [5.41, 5.74) is 1.63. The van der Waals surface area contributed by atoms with E-state index in [2.05, 4.69) is 16.0 Å². The lowest BCUT2D eigenvalue weighted by molar-refractivity contribution is -0.117. The molecule has 7 heteroatoms. The standard InChI is InChI=1S/C20H20ClN3O3/c21-16-3-1-2-15(12-16)19(26)23-11-10-22-18(25)13-6-8-17(9-7-13)24-20(27)14-4-5-14/h1-3,6-9,12,14H,4-5,10-11H2,(H,22,25)(H,23,26)(H,24,27). The van der Waals surface area contributed by atoms with Gasteiger partial charge in [-0.2, -0.15) is 0 Å². The summed E-state index contributed by atoms with van der Waals surface area (Å²) in [5, 5.41) is 8.78. The van der Waals surface area contributed by atoms with E-state index in [1.54, 1.807) is 48.5 Å². The van der Waals surface area contributed by atoms with Crippen molar-refractivity contribution >= 4 is 35.0 Å². The van der Waals surface area contributed by atoms with Crippen LogP contribution in [-0.4, -0.2) is 30.8 Å². The lowest BCUT2D eigenvalue weighted by Crippen LogP contribution is -2.34. The molecular formula is C20H20ClN3O3. The minimum atomic E-state index is -0.248. The van der Waals surface area contributed by atoms with Gasteiger partial charge in [0.15, 0.2) is 0 Å². The molecule has 6 nitrogen and oxygen atoms in total. The van der Waals surface area contributed by atoms with Gasteiger partial charge in [0, 0.05) is 40.8 Å². The Bertz CT molecular complexity index is 848. The Morgan fingerprint density at radius 3 is 2.11 bits per heavy atom. The smallest absolute Gasteiger partial charge is 0.251 e. The summed E-state index contributed by atoms with van der Waals surface area (Å²) in [4.78, 5) is 35.8. The first kappa shape index (κ1) is 18.9. The van der Waals surface area contributed by atoms with E-state index < -0.39 is 0 Å². The number of carbonyl (C=O) groups excluding carboxylic acids is 3. The molecule has 2 aromatic rings. The number of halogens is 1. The average molecular weight is 386 g/mol. The molecule has 0 aliphatic heterocycles. The number of benzene rings is 2. The molecule has 0 unspecified atom stereocenters. The number of nitrogens with one attached hydrogen (secondary N) is 3. The molecular weight excluding hydrogens is 366 g/mol. The maximum Gasteiger partial charge on any atom is 0.251 e. The van der Waals surface area contributed by atoms with Crippen molar-refractivity contribution in [3.05, 3.63) is 64.7 Å². The van der Waals surface area contributed by atoms with Crippen molar-refractivity contribution in [2.24, 2.45) is 5.92 Å². The van der Waals surface area contributed by atoms with E-state index in [0.717, 1.165) is 12.8 Å². The molecule has 0 bridgehead atoms. The van der Waals surface area contributed by atoms with Gasteiger partial charge in [0.25, 0.3) is 11.8 Å². The summed E-state index contributed by atoms with van der Waals surface area (Å²) >= 11 is 5.86. The molecule has 3 amide bonds. The first-order chi connectivity index (χ1) is 13.0. The lowest BCUT2D eigenvalue weighted by atomic mass is 10.2. The predicted molar refractivity (Wildman–Crippen MR) is 104 cm³/mol. The summed E-state index contributed by atoms with van der Waals surface area (Å²) in [6.07, 6.45) is 1.89. The van der Waals surface area contributed by atoms with Crippen molar-refractivity contribution in [3.8, 4) is 0 Å². The molecule has 1 aliphatic rings. The summed E-state index contributed by atoms with van der Waals surface area (Å²) in [6, 6.07) is 13.4. The summed E-state index contributed by atoms with van der Waals surface area (Å²) in [5.74, 6) is -0.327. The van der Waals surface area contributed by atoms with Crippen molar-refractivity contribution < 1.29 is 14.4 Å². The fourth-order valence-corrected chi connectivity index (χ4v) is 2.67. The van der Waals surface area contributed by atoms with Crippen molar-refractivity contribution in [1.29, 1.82) is 0 Å². The molecule has 0 atom stereocenters. The molecule has 1 saturated carbocycles. The first-order valence-electron chi connectivity index (χ1n) is 8.76. The first-order valence-corrected chi connectivity index (χ1v) is 9.13. The average Bonchev–Trinajstić information content (AvgIpc) is 3.51. The van der Waals surface area contributed by atoms with Crippen LogP contribution in [0.15, 0.2) is 48.5 Å². The van der Waals surface area contributed by atoms with Crippen LogP contribution in [0.4, 0.5) is 5.69 Å².